The largest absolute Gasteiger partial charge is 0.508 e. The van der Waals surface area contributed by atoms with Crippen molar-refractivity contribution in [2.45, 2.75) is 106 Å². The molecule has 6 unspecified atom stereocenters. The second-order valence-electron chi connectivity index (χ2n) is 15.9. The number of aliphatic hydroxyl groups is 8. The van der Waals surface area contributed by atoms with E-state index in [4.69, 9.17) is 47.0 Å². The summed E-state index contributed by atoms with van der Waals surface area (Å²) in [5, 5.41) is 117. The molecular formula is C44H50O23. The number of aromatic hydroxyl groups is 3. The standard InChI is InChI=1S/C44H50O23/c1-16-29(48)34(53)37(56)42(61-16)63-21-13-22(46)28-23(14-21)64-39(19-6-8-20(45)9-7-19)40(33(28)52)66-44-41(67-43-38(57)35(54)30(49)17(2)62-43)36(55)32(51)26(65-44)15-60-27(47)10-5-18-11-24(58-3)31(50)25(12-18)59-4/h5-14,16-17,26,29-30,32,34-38,41-46,48-51,53-57H,15H2,1-4H3/b10-5+/t16?,17?,26?,29-,30-,32+,34?,35?,36?,37-,38-,41-,42-,43-,44-/m0/s1. The highest BCUT2D eigenvalue weighted by Crippen LogP contribution is 2.40. The predicted octanol–water partition coefficient (Wildman–Crippen LogP) is -0.905. The summed E-state index contributed by atoms with van der Waals surface area (Å²) in [6, 6.07) is 10.0. The van der Waals surface area contributed by atoms with Crippen LogP contribution in [0.25, 0.3) is 28.4 Å². The maximum absolute atomic E-state index is 14.6. The minimum Gasteiger partial charge on any atom is -0.508 e. The summed E-state index contributed by atoms with van der Waals surface area (Å²) in [6.07, 6.45) is -23.0. The molecule has 15 atom stereocenters. The fourth-order valence-corrected chi connectivity index (χ4v) is 7.55. The number of carbonyl (C=O) groups excluding carboxylic acids is 1. The quantitative estimate of drug-likeness (QED) is 0.0571. The monoisotopic (exact) mass is 946 g/mol. The summed E-state index contributed by atoms with van der Waals surface area (Å²) in [7, 11) is 2.62. The van der Waals surface area contributed by atoms with Gasteiger partial charge in [0.1, 0.15) is 89.8 Å². The van der Waals surface area contributed by atoms with E-state index in [0.29, 0.717) is 5.56 Å². The number of hydrogen-bond donors (Lipinski definition) is 11. The summed E-state index contributed by atoms with van der Waals surface area (Å²) in [4.78, 5) is 27.5. The van der Waals surface area contributed by atoms with Crippen molar-refractivity contribution in [3.8, 4) is 51.6 Å². The Labute approximate surface area is 379 Å². The average molecular weight is 947 g/mol. The van der Waals surface area contributed by atoms with Gasteiger partial charge >= 0.3 is 5.97 Å². The van der Waals surface area contributed by atoms with Crippen molar-refractivity contribution in [2.75, 3.05) is 20.8 Å². The van der Waals surface area contributed by atoms with E-state index >= 15 is 0 Å². The van der Waals surface area contributed by atoms with Crippen LogP contribution in [0.5, 0.6) is 40.2 Å². The van der Waals surface area contributed by atoms with Crippen LogP contribution < -0.4 is 24.4 Å². The molecule has 0 amide bonds. The first-order valence-corrected chi connectivity index (χ1v) is 20.6. The molecule has 0 aliphatic carbocycles. The molecule has 4 heterocycles. The molecule has 23 heteroatoms. The topological polar surface area (TPSA) is 353 Å². The first-order chi connectivity index (χ1) is 31.8. The van der Waals surface area contributed by atoms with Crippen molar-refractivity contribution in [3.63, 3.8) is 0 Å². The van der Waals surface area contributed by atoms with Gasteiger partial charge in [0.25, 0.3) is 0 Å². The van der Waals surface area contributed by atoms with Gasteiger partial charge in [-0.3, -0.25) is 4.79 Å². The fraction of sp³-hybridized carbons (Fsp3) is 0.455. The van der Waals surface area contributed by atoms with Crippen LogP contribution in [-0.4, -0.2) is 175 Å². The molecule has 364 valence electrons. The Hall–Kier alpha value is -5.80. The van der Waals surface area contributed by atoms with E-state index < -0.39 is 133 Å². The number of phenols is 3. The van der Waals surface area contributed by atoms with Gasteiger partial charge in [-0.2, -0.15) is 0 Å². The lowest BCUT2D eigenvalue weighted by molar-refractivity contribution is -0.354. The van der Waals surface area contributed by atoms with Crippen molar-refractivity contribution in [3.05, 3.63) is 70.4 Å². The van der Waals surface area contributed by atoms with E-state index in [1.165, 1.54) is 70.5 Å². The molecule has 0 saturated carbocycles. The number of esters is 1. The lowest BCUT2D eigenvalue weighted by Crippen LogP contribution is -2.64. The normalized spacial score (nSPS) is 32.2. The van der Waals surface area contributed by atoms with Gasteiger partial charge in [0, 0.05) is 23.8 Å². The number of rotatable bonds is 13. The van der Waals surface area contributed by atoms with E-state index in [1.807, 2.05) is 0 Å². The smallest absolute Gasteiger partial charge is 0.330 e. The molecule has 0 radical (unpaired) electrons. The Balaban J connectivity index is 1.23. The number of carbonyl (C=O) groups is 1. The third-order valence-corrected chi connectivity index (χ3v) is 11.4. The third-order valence-electron chi connectivity index (χ3n) is 11.4. The van der Waals surface area contributed by atoms with E-state index in [0.717, 1.165) is 18.2 Å². The van der Waals surface area contributed by atoms with Crippen LogP contribution in [0, 0.1) is 0 Å². The molecular weight excluding hydrogens is 896 g/mol. The van der Waals surface area contributed by atoms with Crippen molar-refractivity contribution < 1.29 is 108 Å². The zero-order valence-corrected chi connectivity index (χ0v) is 36.0. The molecule has 3 aliphatic rings. The molecule has 67 heavy (non-hydrogen) atoms. The first kappa shape index (κ1) is 49.1. The maximum Gasteiger partial charge on any atom is 0.330 e. The van der Waals surface area contributed by atoms with Gasteiger partial charge in [-0.05, 0) is 61.9 Å². The number of methoxy groups -OCH3 is 2. The number of ether oxygens (including phenoxy) is 9. The summed E-state index contributed by atoms with van der Waals surface area (Å²) in [5.74, 6) is -3.50. The molecule has 3 fully saturated rings. The van der Waals surface area contributed by atoms with Gasteiger partial charge in [-0.25, -0.2) is 4.79 Å². The molecule has 4 aromatic rings. The average Bonchev–Trinajstić information content (AvgIpc) is 3.30. The highest BCUT2D eigenvalue weighted by molar-refractivity contribution is 5.89. The SMILES string of the molecule is COc1cc(/C=C/C(=O)OCC2O[C@@H](Oc3c(-c4ccc(O)cc4)oc4cc(O[C@@H]5OC(C)[C@H](O)C(O)[C@@H]5O)cc(O)c4c3=O)[C@@H](O[C@@H]3OC(C)[C@H](O)C(O)[C@@H]3O)C(O)[C@@H]2O)cc(OC)c1O. The Morgan fingerprint density at radius 2 is 1.28 bits per heavy atom. The number of benzene rings is 3. The lowest BCUT2D eigenvalue weighted by atomic mass is 9.97. The number of fused-ring (bicyclic) bond motifs is 1. The molecule has 11 N–H and O–H groups in total. The number of hydrogen-bond acceptors (Lipinski definition) is 23. The van der Waals surface area contributed by atoms with Crippen molar-refractivity contribution in [2.24, 2.45) is 0 Å². The highest BCUT2D eigenvalue weighted by Gasteiger charge is 2.52. The summed E-state index contributed by atoms with van der Waals surface area (Å²) in [6.45, 7) is 2.01. The molecule has 3 saturated heterocycles. The van der Waals surface area contributed by atoms with Crippen LogP contribution in [0.3, 0.4) is 0 Å². The Morgan fingerprint density at radius 1 is 0.687 bits per heavy atom. The lowest BCUT2D eigenvalue weighted by Gasteiger charge is -2.45. The van der Waals surface area contributed by atoms with Crippen LogP contribution in [0.4, 0.5) is 0 Å². The van der Waals surface area contributed by atoms with Crippen molar-refractivity contribution in [1.29, 1.82) is 0 Å². The Bertz CT molecular complexity index is 2450. The molecule has 7 rings (SSSR count). The van der Waals surface area contributed by atoms with Crippen molar-refractivity contribution >= 4 is 23.0 Å². The molecule has 3 aromatic carbocycles. The van der Waals surface area contributed by atoms with Crippen LogP contribution in [-0.2, 0) is 28.5 Å². The number of phenolic OH excluding ortho intramolecular Hbond substituents is 3. The summed E-state index contributed by atoms with van der Waals surface area (Å²) in [5.41, 5.74) is -1.01. The van der Waals surface area contributed by atoms with E-state index in [2.05, 4.69) is 0 Å². The van der Waals surface area contributed by atoms with E-state index in [9.17, 15) is 65.8 Å². The van der Waals surface area contributed by atoms with Crippen LogP contribution in [0.2, 0.25) is 0 Å². The van der Waals surface area contributed by atoms with Gasteiger partial charge in [0.2, 0.25) is 29.5 Å². The minimum absolute atomic E-state index is 0.0427. The van der Waals surface area contributed by atoms with Gasteiger partial charge in [-0.1, -0.05) is 0 Å². The Morgan fingerprint density at radius 3 is 1.90 bits per heavy atom. The minimum atomic E-state index is -2.07. The fourth-order valence-electron chi connectivity index (χ4n) is 7.55. The van der Waals surface area contributed by atoms with Gasteiger partial charge in [0.05, 0.1) is 26.4 Å². The molecule has 0 spiro atoms. The van der Waals surface area contributed by atoms with E-state index in [-0.39, 0.29) is 39.9 Å². The Kier molecular flexibility index (Phi) is 14.8. The van der Waals surface area contributed by atoms with Crippen LogP contribution >= 0.6 is 0 Å². The predicted molar refractivity (Wildman–Crippen MR) is 224 cm³/mol. The van der Waals surface area contributed by atoms with Crippen molar-refractivity contribution in [1.82, 2.24) is 0 Å². The maximum atomic E-state index is 14.6. The zero-order valence-electron chi connectivity index (χ0n) is 36.0. The summed E-state index contributed by atoms with van der Waals surface area (Å²) < 4.78 is 56.6. The van der Waals surface area contributed by atoms with Gasteiger partial charge in [0.15, 0.2) is 29.7 Å². The third kappa shape index (κ3) is 10.1. The van der Waals surface area contributed by atoms with Gasteiger partial charge in [-0.15, -0.1) is 0 Å². The molecule has 1 aromatic heterocycles. The highest BCUT2D eigenvalue weighted by atomic mass is 16.8. The van der Waals surface area contributed by atoms with Crippen LogP contribution in [0.15, 0.2) is 63.8 Å². The zero-order chi connectivity index (χ0) is 48.6. The van der Waals surface area contributed by atoms with E-state index in [1.54, 1.807) is 0 Å². The molecule has 23 nitrogen and oxygen atoms in total. The molecule has 0 bridgehead atoms. The van der Waals surface area contributed by atoms with Crippen LogP contribution in [0.1, 0.15) is 19.4 Å². The first-order valence-electron chi connectivity index (χ1n) is 20.6. The number of aliphatic hydroxyl groups excluding tert-OH is 8. The second kappa shape index (κ2) is 20.2. The molecule has 3 aliphatic heterocycles. The second-order valence-corrected chi connectivity index (χ2v) is 15.9. The van der Waals surface area contributed by atoms with Gasteiger partial charge < -0.3 is 103 Å². The summed E-state index contributed by atoms with van der Waals surface area (Å²) >= 11 is 0.